The second kappa shape index (κ2) is 6.05. The summed E-state index contributed by atoms with van der Waals surface area (Å²) < 4.78 is 5.50. The topological polar surface area (TPSA) is 41.5 Å². The molecule has 0 amide bonds. The summed E-state index contributed by atoms with van der Waals surface area (Å²) in [6.45, 7) is 3.18. The third-order valence-electron chi connectivity index (χ3n) is 6.04. The molecule has 0 spiro atoms. The molecular weight excluding hydrogens is 345 g/mol. The lowest BCUT2D eigenvalue weighted by Gasteiger charge is -2.60. The fourth-order valence-corrected chi connectivity index (χ4v) is 6.35. The minimum Gasteiger partial charge on any atom is -0.491 e. The minimum absolute atomic E-state index is 0.0797. The quantitative estimate of drug-likeness (QED) is 0.798. The highest BCUT2D eigenvalue weighted by Gasteiger charge is 2.56. The monoisotopic (exact) mass is 369 g/mol. The number of rotatable bonds is 5. The van der Waals surface area contributed by atoms with Crippen LogP contribution >= 0.6 is 23.2 Å². The van der Waals surface area contributed by atoms with Gasteiger partial charge in [0, 0.05) is 12.1 Å². The predicted octanol–water partition coefficient (Wildman–Crippen LogP) is 4.57. The summed E-state index contributed by atoms with van der Waals surface area (Å²) in [6.07, 6.45) is 6.54. The Balaban J connectivity index is 1.49. The van der Waals surface area contributed by atoms with Crippen molar-refractivity contribution in [3.05, 3.63) is 27.7 Å². The van der Waals surface area contributed by atoms with Crippen molar-refractivity contribution in [3.8, 4) is 5.75 Å². The molecule has 4 bridgehead atoms. The Kier molecular flexibility index (Phi) is 4.28. The first-order chi connectivity index (χ1) is 11.4. The highest BCUT2D eigenvalue weighted by atomic mass is 35.5. The molecule has 2 unspecified atom stereocenters. The Hall–Kier alpha value is -0.480. The number of nitrogens with one attached hydrogen (secondary N) is 1. The molecule has 0 aliphatic heterocycles. The Morgan fingerprint density at radius 1 is 1.17 bits per heavy atom. The van der Waals surface area contributed by atoms with Crippen molar-refractivity contribution < 1.29 is 9.84 Å². The van der Waals surface area contributed by atoms with Gasteiger partial charge in [0.05, 0.1) is 22.3 Å². The number of aliphatic hydroxyl groups is 1. The van der Waals surface area contributed by atoms with Crippen molar-refractivity contribution in [2.24, 2.45) is 11.8 Å². The third-order valence-corrected chi connectivity index (χ3v) is 6.61. The molecule has 4 saturated carbocycles. The normalized spacial score (nSPS) is 37.0. The average molecular weight is 370 g/mol. The van der Waals surface area contributed by atoms with Crippen LogP contribution in [0.4, 0.5) is 0 Å². The molecule has 132 valence electrons. The molecule has 5 heteroatoms. The van der Waals surface area contributed by atoms with Gasteiger partial charge in [0.2, 0.25) is 0 Å². The van der Waals surface area contributed by atoms with E-state index in [-0.39, 0.29) is 5.54 Å². The van der Waals surface area contributed by atoms with E-state index in [1.54, 1.807) is 0 Å². The maximum atomic E-state index is 10.8. The molecule has 0 radical (unpaired) electrons. The second-order valence-electron chi connectivity index (χ2n) is 8.14. The molecule has 4 aliphatic rings. The van der Waals surface area contributed by atoms with Crippen molar-refractivity contribution in [3.63, 3.8) is 0 Å². The molecule has 0 saturated heterocycles. The van der Waals surface area contributed by atoms with Gasteiger partial charge in [-0.3, -0.25) is 0 Å². The largest absolute Gasteiger partial charge is 0.491 e. The fourth-order valence-electron chi connectivity index (χ4n) is 5.71. The van der Waals surface area contributed by atoms with Gasteiger partial charge in [-0.1, -0.05) is 23.2 Å². The van der Waals surface area contributed by atoms with Crippen molar-refractivity contribution in [1.29, 1.82) is 0 Å². The lowest BCUT2D eigenvalue weighted by Crippen LogP contribution is -2.64. The van der Waals surface area contributed by atoms with Crippen LogP contribution in [0.3, 0.4) is 0 Å². The number of halogens is 2. The standard InChI is InChI=1S/C19H25Cl2NO2/c1-2-24-17-15(20)4-12(5-16(17)21)10-22-18-6-13-3-14(7-18)9-19(23,8-13)11-18/h4-5,13-14,22-23H,2-3,6-11H2,1H3. The van der Waals surface area contributed by atoms with Crippen LogP contribution < -0.4 is 10.1 Å². The number of hydrogen-bond acceptors (Lipinski definition) is 3. The van der Waals surface area contributed by atoms with Gasteiger partial charge < -0.3 is 15.2 Å². The molecule has 4 aliphatic carbocycles. The van der Waals surface area contributed by atoms with Gasteiger partial charge in [0.25, 0.3) is 0 Å². The summed E-state index contributed by atoms with van der Waals surface area (Å²) in [7, 11) is 0. The summed E-state index contributed by atoms with van der Waals surface area (Å²) in [5.74, 6) is 1.92. The molecular formula is C19H25Cl2NO2. The van der Waals surface area contributed by atoms with Crippen LogP contribution in [0.1, 0.15) is 51.0 Å². The summed E-state index contributed by atoms with van der Waals surface area (Å²) in [4.78, 5) is 0. The summed E-state index contributed by atoms with van der Waals surface area (Å²) >= 11 is 12.6. The van der Waals surface area contributed by atoms with Gasteiger partial charge in [-0.2, -0.15) is 0 Å². The smallest absolute Gasteiger partial charge is 0.156 e. The van der Waals surface area contributed by atoms with Gasteiger partial charge in [-0.15, -0.1) is 0 Å². The van der Waals surface area contributed by atoms with Gasteiger partial charge >= 0.3 is 0 Å². The van der Waals surface area contributed by atoms with Crippen molar-refractivity contribution in [1.82, 2.24) is 5.32 Å². The Morgan fingerprint density at radius 2 is 1.79 bits per heavy atom. The predicted molar refractivity (Wildman–Crippen MR) is 96.8 cm³/mol. The van der Waals surface area contributed by atoms with Gasteiger partial charge in [-0.25, -0.2) is 0 Å². The summed E-state index contributed by atoms with van der Waals surface area (Å²) in [5.41, 5.74) is 0.706. The molecule has 4 fully saturated rings. The molecule has 1 aromatic carbocycles. The van der Waals surface area contributed by atoms with E-state index < -0.39 is 5.60 Å². The van der Waals surface area contributed by atoms with Gasteiger partial charge in [0.15, 0.2) is 5.75 Å². The van der Waals surface area contributed by atoms with E-state index in [0.717, 1.165) is 31.4 Å². The number of ether oxygens (including phenoxy) is 1. The molecule has 2 atom stereocenters. The maximum absolute atomic E-state index is 10.8. The SMILES string of the molecule is CCOc1c(Cl)cc(CNC23CC4CC(CC(O)(C4)C2)C3)cc1Cl. The van der Waals surface area contributed by atoms with Crippen molar-refractivity contribution in [2.75, 3.05) is 6.61 Å². The molecule has 5 rings (SSSR count). The van der Waals surface area contributed by atoms with Crippen molar-refractivity contribution >= 4 is 23.2 Å². The Morgan fingerprint density at radius 3 is 2.33 bits per heavy atom. The van der Waals surface area contributed by atoms with Crippen LogP contribution in [0.5, 0.6) is 5.75 Å². The van der Waals surface area contributed by atoms with Crippen LogP contribution in [0.2, 0.25) is 10.0 Å². The van der Waals surface area contributed by atoms with Crippen LogP contribution in [0, 0.1) is 11.8 Å². The molecule has 2 N–H and O–H groups in total. The zero-order chi connectivity index (χ0) is 16.9. The second-order valence-corrected chi connectivity index (χ2v) is 8.96. The third kappa shape index (κ3) is 3.05. The number of benzene rings is 1. The first-order valence-electron chi connectivity index (χ1n) is 8.98. The van der Waals surface area contributed by atoms with E-state index in [2.05, 4.69) is 5.32 Å². The first-order valence-corrected chi connectivity index (χ1v) is 9.74. The van der Waals surface area contributed by atoms with E-state index in [1.165, 1.54) is 19.3 Å². The van der Waals surface area contributed by atoms with Crippen molar-refractivity contribution in [2.45, 2.75) is 63.1 Å². The van der Waals surface area contributed by atoms with Gasteiger partial charge in [-0.05, 0) is 75.0 Å². The van der Waals surface area contributed by atoms with E-state index >= 15 is 0 Å². The molecule has 1 aromatic rings. The molecule has 3 nitrogen and oxygen atoms in total. The summed E-state index contributed by atoms with van der Waals surface area (Å²) in [5, 5.41) is 15.7. The highest BCUT2D eigenvalue weighted by molar-refractivity contribution is 6.37. The maximum Gasteiger partial charge on any atom is 0.156 e. The Bertz CT molecular complexity index is 611. The molecule has 0 heterocycles. The Labute approximate surface area is 153 Å². The van der Waals surface area contributed by atoms with E-state index in [0.29, 0.717) is 34.2 Å². The van der Waals surface area contributed by atoms with E-state index in [4.69, 9.17) is 27.9 Å². The van der Waals surface area contributed by atoms with Gasteiger partial charge in [0.1, 0.15) is 0 Å². The van der Waals surface area contributed by atoms with Crippen LogP contribution in [0.15, 0.2) is 12.1 Å². The fraction of sp³-hybridized carbons (Fsp3) is 0.684. The highest BCUT2D eigenvalue weighted by Crippen LogP contribution is 2.57. The molecule has 24 heavy (non-hydrogen) atoms. The first kappa shape index (κ1) is 17.0. The summed E-state index contributed by atoms with van der Waals surface area (Å²) in [6, 6.07) is 3.86. The number of hydrogen-bond donors (Lipinski definition) is 2. The van der Waals surface area contributed by atoms with Crippen LogP contribution in [0.25, 0.3) is 0 Å². The molecule has 0 aromatic heterocycles. The van der Waals surface area contributed by atoms with Crippen LogP contribution in [-0.2, 0) is 6.54 Å². The average Bonchev–Trinajstić information content (AvgIpc) is 2.46. The lowest BCUT2D eigenvalue weighted by atomic mass is 9.51. The zero-order valence-electron chi connectivity index (χ0n) is 14.1. The minimum atomic E-state index is -0.439. The van der Waals surface area contributed by atoms with Crippen LogP contribution in [-0.4, -0.2) is 22.9 Å². The zero-order valence-corrected chi connectivity index (χ0v) is 15.6. The van der Waals surface area contributed by atoms with E-state index in [1.807, 2.05) is 19.1 Å². The lowest BCUT2D eigenvalue weighted by molar-refractivity contribution is -0.142. The van der Waals surface area contributed by atoms with E-state index in [9.17, 15) is 5.11 Å².